The summed E-state index contributed by atoms with van der Waals surface area (Å²) >= 11 is 7.49. The van der Waals surface area contributed by atoms with Crippen LogP contribution in [0.4, 0.5) is 11.4 Å². The van der Waals surface area contributed by atoms with Gasteiger partial charge in [0.2, 0.25) is 0 Å². The molecule has 2 rings (SSSR count). The van der Waals surface area contributed by atoms with E-state index < -0.39 is 4.92 Å². The minimum Gasteiger partial charge on any atom is -0.324 e. The fourth-order valence-electron chi connectivity index (χ4n) is 1.81. The second-order valence-corrected chi connectivity index (χ2v) is 5.78. The van der Waals surface area contributed by atoms with Crippen LogP contribution in [0.15, 0.2) is 42.5 Å². The summed E-state index contributed by atoms with van der Waals surface area (Å²) in [6.45, 7) is 0. The number of nitrogen functional groups attached to an aromatic ring is 1. The number of rotatable bonds is 6. The lowest BCUT2D eigenvalue weighted by Crippen LogP contribution is -2.09. The maximum atomic E-state index is 10.8. The van der Waals surface area contributed by atoms with Gasteiger partial charge >= 0.3 is 0 Å². The average Bonchev–Trinajstić information content (AvgIpc) is 2.49. The zero-order valence-electron chi connectivity index (χ0n) is 11.1. The number of non-ortho nitro benzene ring substituents is 1. The molecule has 0 amide bonds. The number of nitro benzene ring substituents is 1. The summed E-state index contributed by atoms with van der Waals surface area (Å²) in [5, 5.41) is 11.5. The van der Waals surface area contributed by atoms with Crippen LogP contribution in [0.2, 0.25) is 5.02 Å². The highest BCUT2D eigenvalue weighted by atomic mass is 35.5. The Hall–Kier alpha value is -1.76. The van der Waals surface area contributed by atoms with Crippen LogP contribution >= 0.6 is 23.4 Å². The van der Waals surface area contributed by atoms with Gasteiger partial charge in [0.1, 0.15) is 0 Å². The van der Waals surface area contributed by atoms with Crippen molar-refractivity contribution in [2.24, 2.45) is 5.84 Å². The summed E-state index contributed by atoms with van der Waals surface area (Å²) in [6.07, 6.45) is 0. The van der Waals surface area contributed by atoms with Crippen molar-refractivity contribution in [1.82, 2.24) is 0 Å². The zero-order chi connectivity index (χ0) is 15.2. The lowest BCUT2D eigenvalue weighted by atomic mass is 10.2. The highest BCUT2D eigenvalue weighted by Gasteiger charge is 2.10. The Kier molecular flexibility index (Phi) is 5.44. The maximum Gasteiger partial charge on any atom is 0.269 e. The molecular weight excluding hydrogens is 310 g/mol. The lowest BCUT2D eigenvalue weighted by Gasteiger charge is -2.08. The minimum atomic E-state index is -0.409. The number of benzene rings is 2. The van der Waals surface area contributed by atoms with E-state index in [1.165, 1.54) is 6.07 Å². The molecule has 5 nitrogen and oxygen atoms in total. The first kappa shape index (κ1) is 15.6. The number of nitro groups is 1. The Morgan fingerprint density at radius 1 is 1.19 bits per heavy atom. The quantitative estimate of drug-likeness (QED) is 0.477. The lowest BCUT2D eigenvalue weighted by molar-refractivity contribution is -0.384. The molecule has 0 bridgehead atoms. The molecule has 0 atom stereocenters. The summed E-state index contributed by atoms with van der Waals surface area (Å²) in [5.41, 5.74) is 5.29. The van der Waals surface area contributed by atoms with Gasteiger partial charge in [-0.25, -0.2) is 0 Å². The summed E-state index contributed by atoms with van der Waals surface area (Å²) in [7, 11) is 0. The van der Waals surface area contributed by atoms with Gasteiger partial charge in [-0.2, -0.15) is 11.8 Å². The number of nitrogens with zero attached hydrogens (tertiary/aromatic N) is 1. The second kappa shape index (κ2) is 7.31. The number of anilines is 1. The normalized spacial score (nSPS) is 10.4. The topological polar surface area (TPSA) is 81.2 Å². The first-order chi connectivity index (χ1) is 10.1. The molecule has 0 aromatic heterocycles. The molecule has 3 N–H and O–H groups in total. The predicted octanol–water partition coefficient (Wildman–Crippen LogP) is 3.97. The van der Waals surface area contributed by atoms with Crippen LogP contribution < -0.4 is 11.3 Å². The van der Waals surface area contributed by atoms with Gasteiger partial charge in [0.15, 0.2) is 0 Å². The van der Waals surface area contributed by atoms with E-state index in [1.807, 2.05) is 24.3 Å². The maximum absolute atomic E-state index is 10.8. The van der Waals surface area contributed by atoms with Gasteiger partial charge in [-0.3, -0.25) is 16.0 Å². The molecule has 2 aromatic carbocycles. The SMILES string of the molecule is NNc1ccc([N+](=O)[O-])cc1CSCc1ccc(Cl)cc1. The Morgan fingerprint density at radius 3 is 2.52 bits per heavy atom. The third-order valence-electron chi connectivity index (χ3n) is 2.89. The molecule has 0 radical (unpaired) electrons. The summed E-state index contributed by atoms with van der Waals surface area (Å²) < 4.78 is 0. The van der Waals surface area contributed by atoms with Crippen LogP contribution in [0.3, 0.4) is 0 Å². The van der Waals surface area contributed by atoms with Crippen molar-refractivity contribution >= 4 is 34.7 Å². The molecule has 110 valence electrons. The van der Waals surface area contributed by atoms with Crippen molar-refractivity contribution in [2.45, 2.75) is 11.5 Å². The van der Waals surface area contributed by atoms with Gasteiger partial charge in [0, 0.05) is 28.7 Å². The van der Waals surface area contributed by atoms with Crippen LogP contribution in [-0.2, 0) is 11.5 Å². The van der Waals surface area contributed by atoms with Gasteiger partial charge in [-0.1, -0.05) is 23.7 Å². The van der Waals surface area contributed by atoms with Gasteiger partial charge in [-0.15, -0.1) is 0 Å². The zero-order valence-corrected chi connectivity index (χ0v) is 12.7. The number of nitrogens with one attached hydrogen (secondary N) is 1. The molecule has 0 fully saturated rings. The summed E-state index contributed by atoms with van der Waals surface area (Å²) in [4.78, 5) is 10.4. The highest BCUT2D eigenvalue weighted by molar-refractivity contribution is 7.97. The number of nitrogens with two attached hydrogens (primary N) is 1. The Labute approximate surface area is 131 Å². The Bertz CT molecular complexity index is 635. The molecule has 0 aliphatic heterocycles. The Balaban J connectivity index is 2.03. The molecule has 7 heteroatoms. The Morgan fingerprint density at radius 2 is 1.90 bits per heavy atom. The van der Waals surface area contributed by atoms with Crippen LogP contribution in [0.1, 0.15) is 11.1 Å². The van der Waals surface area contributed by atoms with Crippen molar-refractivity contribution in [1.29, 1.82) is 0 Å². The van der Waals surface area contributed by atoms with E-state index in [0.717, 1.165) is 16.9 Å². The number of thioether (sulfide) groups is 1. The fraction of sp³-hybridized carbons (Fsp3) is 0.143. The number of hydrazine groups is 1. The summed E-state index contributed by atoms with van der Waals surface area (Å²) in [5.74, 6) is 6.86. The molecule has 21 heavy (non-hydrogen) atoms. The van der Waals surface area contributed by atoms with Crippen molar-refractivity contribution in [3.63, 3.8) is 0 Å². The van der Waals surface area contributed by atoms with Crippen LogP contribution in [0.5, 0.6) is 0 Å². The van der Waals surface area contributed by atoms with E-state index in [4.69, 9.17) is 17.4 Å². The van der Waals surface area contributed by atoms with Crippen molar-refractivity contribution in [2.75, 3.05) is 5.43 Å². The molecule has 2 aromatic rings. The van der Waals surface area contributed by atoms with E-state index in [9.17, 15) is 10.1 Å². The number of hydrogen-bond donors (Lipinski definition) is 2. The van der Waals surface area contributed by atoms with E-state index >= 15 is 0 Å². The first-order valence-corrected chi connectivity index (χ1v) is 7.69. The largest absolute Gasteiger partial charge is 0.324 e. The molecule has 0 aliphatic carbocycles. The molecular formula is C14H14ClN3O2S. The molecule has 0 unspecified atom stereocenters. The smallest absolute Gasteiger partial charge is 0.269 e. The van der Waals surface area contributed by atoms with Gasteiger partial charge in [0.05, 0.1) is 10.6 Å². The number of hydrogen-bond acceptors (Lipinski definition) is 5. The first-order valence-electron chi connectivity index (χ1n) is 6.16. The molecule has 0 saturated heterocycles. The predicted molar refractivity (Wildman–Crippen MR) is 87.4 cm³/mol. The van der Waals surface area contributed by atoms with Crippen LogP contribution in [0.25, 0.3) is 0 Å². The van der Waals surface area contributed by atoms with Gasteiger partial charge in [-0.05, 0) is 29.3 Å². The minimum absolute atomic E-state index is 0.0658. The third kappa shape index (κ3) is 4.35. The van der Waals surface area contributed by atoms with Crippen molar-refractivity contribution < 1.29 is 4.92 Å². The van der Waals surface area contributed by atoms with Crippen molar-refractivity contribution in [3.8, 4) is 0 Å². The molecule has 0 heterocycles. The van der Waals surface area contributed by atoms with Crippen LogP contribution in [0, 0.1) is 10.1 Å². The second-order valence-electron chi connectivity index (χ2n) is 4.36. The van der Waals surface area contributed by atoms with Crippen molar-refractivity contribution in [3.05, 3.63) is 68.7 Å². The standard InChI is InChI=1S/C14H14ClN3O2S/c15-12-3-1-10(2-4-12)8-21-9-11-7-13(18(19)20)5-6-14(11)17-16/h1-7,17H,8-9,16H2. The summed E-state index contributed by atoms with van der Waals surface area (Å²) in [6, 6.07) is 12.2. The average molecular weight is 324 g/mol. The van der Waals surface area contributed by atoms with E-state index in [2.05, 4.69) is 5.43 Å². The molecule has 0 saturated carbocycles. The van der Waals surface area contributed by atoms with Crippen LogP contribution in [-0.4, -0.2) is 4.92 Å². The van der Waals surface area contributed by atoms with E-state index in [1.54, 1.807) is 23.9 Å². The van der Waals surface area contributed by atoms with E-state index in [-0.39, 0.29) is 5.69 Å². The highest BCUT2D eigenvalue weighted by Crippen LogP contribution is 2.27. The third-order valence-corrected chi connectivity index (χ3v) is 4.20. The fourth-order valence-corrected chi connectivity index (χ4v) is 2.93. The molecule has 0 spiro atoms. The van der Waals surface area contributed by atoms with Gasteiger partial charge in [0.25, 0.3) is 5.69 Å². The monoisotopic (exact) mass is 323 g/mol. The molecule has 0 aliphatic rings. The number of halogens is 1. The van der Waals surface area contributed by atoms with Gasteiger partial charge < -0.3 is 5.43 Å². The van der Waals surface area contributed by atoms with E-state index in [0.29, 0.717) is 16.5 Å².